The second kappa shape index (κ2) is 3.57. The highest BCUT2D eigenvalue weighted by Gasteiger charge is 2.05. The minimum Gasteiger partial charge on any atom is -0.481 e. The highest BCUT2D eigenvalue weighted by atomic mass is 16.4. The summed E-state index contributed by atoms with van der Waals surface area (Å²) in [7, 11) is 0. The molecule has 0 saturated carbocycles. The van der Waals surface area contributed by atoms with Crippen molar-refractivity contribution >= 4 is 16.9 Å². The van der Waals surface area contributed by atoms with Gasteiger partial charge >= 0.3 is 5.97 Å². The number of rotatable bonds is 2. The normalized spacial score (nSPS) is 10.4. The highest BCUT2D eigenvalue weighted by molar-refractivity contribution is 5.85. The maximum absolute atomic E-state index is 11.0. The van der Waals surface area contributed by atoms with Crippen molar-refractivity contribution in [2.24, 2.45) is 0 Å². The SMILES string of the molecule is O=C(O)Cc1cccc2[nH]c(=O)ccc12. The second-order valence-corrected chi connectivity index (χ2v) is 3.27. The van der Waals surface area contributed by atoms with Crippen LogP contribution in [0.15, 0.2) is 35.1 Å². The number of H-pyrrole nitrogens is 1. The first-order valence-corrected chi connectivity index (χ1v) is 4.49. The van der Waals surface area contributed by atoms with Crippen molar-refractivity contribution in [2.75, 3.05) is 0 Å². The molecular formula is C11H9NO3. The van der Waals surface area contributed by atoms with E-state index in [2.05, 4.69) is 4.98 Å². The summed E-state index contributed by atoms with van der Waals surface area (Å²) in [6.07, 6.45) is -0.0383. The van der Waals surface area contributed by atoms with E-state index in [0.717, 1.165) is 5.39 Å². The van der Waals surface area contributed by atoms with Crippen LogP contribution >= 0.6 is 0 Å². The molecule has 0 amide bonds. The Balaban J connectivity index is 2.65. The monoisotopic (exact) mass is 203 g/mol. The van der Waals surface area contributed by atoms with Gasteiger partial charge in [0.15, 0.2) is 0 Å². The third kappa shape index (κ3) is 1.88. The number of benzene rings is 1. The van der Waals surface area contributed by atoms with E-state index in [4.69, 9.17) is 5.11 Å². The standard InChI is InChI=1S/C11H9NO3/c13-10-5-4-8-7(6-11(14)15)2-1-3-9(8)12-10/h1-5H,6H2,(H,12,13)(H,14,15). The molecule has 4 nitrogen and oxygen atoms in total. The van der Waals surface area contributed by atoms with Crippen LogP contribution in [-0.4, -0.2) is 16.1 Å². The van der Waals surface area contributed by atoms with Gasteiger partial charge in [0.2, 0.25) is 5.56 Å². The van der Waals surface area contributed by atoms with E-state index in [1.54, 1.807) is 24.3 Å². The van der Waals surface area contributed by atoms with Crippen LogP contribution in [0.4, 0.5) is 0 Å². The van der Waals surface area contributed by atoms with Gasteiger partial charge in [0.25, 0.3) is 0 Å². The zero-order chi connectivity index (χ0) is 10.8. The minimum atomic E-state index is -0.881. The van der Waals surface area contributed by atoms with E-state index >= 15 is 0 Å². The number of carbonyl (C=O) groups is 1. The summed E-state index contributed by atoms with van der Waals surface area (Å²) in [4.78, 5) is 24.3. The van der Waals surface area contributed by atoms with Crippen molar-refractivity contribution < 1.29 is 9.90 Å². The molecule has 0 aliphatic rings. The largest absolute Gasteiger partial charge is 0.481 e. The number of aromatic nitrogens is 1. The number of carboxylic acid groups (broad SMARTS) is 1. The average Bonchev–Trinajstić information content (AvgIpc) is 2.16. The van der Waals surface area contributed by atoms with E-state index in [1.165, 1.54) is 6.07 Å². The zero-order valence-electron chi connectivity index (χ0n) is 7.86. The van der Waals surface area contributed by atoms with Crippen LogP contribution in [0.5, 0.6) is 0 Å². The fraction of sp³-hybridized carbons (Fsp3) is 0.0909. The van der Waals surface area contributed by atoms with Crippen LogP contribution in [0.25, 0.3) is 10.9 Å². The van der Waals surface area contributed by atoms with E-state index in [9.17, 15) is 9.59 Å². The molecule has 0 aliphatic carbocycles. The molecule has 0 spiro atoms. The lowest BCUT2D eigenvalue weighted by Crippen LogP contribution is -2.05. The lowest BCUT2D eigenvalue weighted by molar-refractivity contribution is -0.136. The summed E-state index contributed by atoms with van der Waals surface area (Å²) < 4.78 is 0. The van der Waals surface area contributed by atoms with Crippen LogP contribution in [-0.2, 0) is 11.2 Å². The van der Waals surface area contributed by atoms with Gasteiger partial charge in [0.1, 0.15) is 0 Å². The van der Waals surface area contributed by atoms with Gasteiger partial charge in [0, 0.05) is 17.0 Å². The third-order valence-electron chi connectivity index (χ3n) is 2.20. The van der Waals surface area contributed by atoms with Crippen molar-refractivity contribution in [1.29, 1.82) is 0 Å². The Labute approximate surface area is 85.2 Å². The predicted octanol–water partition coefficient (Wildman–Crippen LogP) is 1.16. The first-order valence-electron chi connectivity index (χ1n) is 4.49. The Morgan fingerprint density at radius 1 is 1.27 bits per heavy atom. The molecular weight excluding hydrogens is 194 g/mol. The van der Waals surface area contributed by atoms with E-state index in [-0.39, 0.29) is 12.0 Å². The molecule has 0 unspecified atom stereocenters. The van der Waals surface area contributed by atoms with Gasteiger partial charge in [-0.05, 0) is 17.7 Å². The van der Waals surface area contributed by atoms with Gasteiger partial charge < -0.3 is 10.1 Å². The van der Waals surface area contributed by atoms with Gasteiger partial charge in [-0.2, -0.15) is 0 Å². The third-order valence-corrected chi connectivity index (χ3v) is 2.20. The molecule has 15 heavy (non-hydrogen) atoms. The predicted molar refractivity (Wildman–Crippen MR) is 55.9 cm³/mol. The highest BCUT2D eigenvalue weighted by Crippen LogP contribution is 2.15. The van der Waals surface area contributed by atoms with Crippen LogP contribution in [0.2, 0.25) is 0 Å². The molecule has 4 heteroatoms. The summed E-state index contributed by atoms with van der Waals surface area (Å²) in [5.74, 6) is -0.881. The minimum absolute atomic E-state index is 0.0383. The number of nitrogens with one attached hydrogen (secondary N) is 1. The zero-order valence-corrected chi connectivity index (χ0v) is 7.86. The number of pyridine rings is 1. The number of hydrogen-bond donors (Lipinski definition) is 2. The van der Waals surface area contributed by atoms with Gasteiger partial charge in [-0.25, -0.2) is 0 Å². The average molecular weight is 203 g/mol. The Kier molecular flexibility index (Phi) is 2.25. The summed E-state index contributed by atoms with van der Waals surface area (Å²) >= 11 is 0. The van der Waals surface area contributed by atoms with Crippen LogP contribution in [0.3, 0.4) is 0 Å². The summed E-state index contributed by atoms with van der Waals surface area (Å²) in [5, 5.41) is 9.49. The first-order chi connectivity index (χ1) is 7.16. The van der Waals surface area contributed by atoms with Crippen molar-refractivity contribution in [1.82, 2.24) is 4.98 Å². The molecule has 2 aromatic rings. The molecule has 0 aliphatic heterocycles. The van der Waals surface area contributed by atoms with Crippen molar-refractivity contribution in [3.63, 3.8) is 0 Å². The lowest BCUT2D eigenvalue weighted by Gasteiger charge is -2.02. The maximum atomic E-state index is 11.0. The number of aromatic amines is 1. The molecule has 0 radical (unpaired) electrons. The summed E-state index contributed by atoms with van der Waals surface area (Å²) in [5.41, 5.74) is 1.19. The molecule has 0 saturated heterocycles. The van der Waals surface area contributed by atoms with E-state index in [0.29, 0.717) is 11.1 Å². The van der Waals surface area contributed by atoms with Crippen molar-refractivity contribution in [3.8, 4) is 0 Å². The Bertz CT molecular complexity index is 571. The molecule has 0 bridgehead atoms. The van der Waals surface area contributed by atoms with Crippen molar-refractivity contribution in [2.45, 2.75) is 6.42 Å². The van der Waals surface area contributed by atoms with E-state index < -0.39 is 5.97 Å². The summed E-state index contributed by atoms with van der Waals surface area (Å²) in [6.45, 7) is 0. The van der Waals surface area contributed by atoms with Gasteiger partial charge in [-0.3, -0.25) is 9.59 Å². The fourth-order valence-electron chi connectivity index (χ4n) is 1.57. The molecule has 1 aromatic heterocycles. The number of hydrogen-bond acceptors (Lipinski definition) is 2. The second-order valence-electron chi connectivity index (χ2n) is 3.27. The smallest absolute Gasteiger partial charge is 0.307 e. The molecule has 1 heterocycles. The Morgan fingerprint density at radius 2 is 2.07 bits per heavy atom. The Morgan fingerprint density at radius 3 is 2.80 bits per heavy atom. The van der Waals surface area contributed by atoms with Gasteiger partial charge in [0.05, 0.1) is 6.42 Å². The molecule has 76 valence electrons. The quantitative estimate of drug-likeness (QED) is 0.769. The lowest BCUT2D eigenvalue weighted by atomic mass is 10.1. The molecule has 0 fully saturated rings. The number of carboxylic acids is 1. The topological polar surface area (TPSA) is 70.2 Å². The fourth-order valence-corrected chi connectivity index (χ4v) is 1.57. The van der Waals surface area contributed by atoms with Crippen LogP contribution in [0, 0.1) is 0 Å². The molecule has 2 rings (SSSR count). The number of aliphatic carboxylic acids is 1. The van der Waals surface area contributed by atoms with Crippen molar-refractivity contribution in [3.05, 3.63) is 46.2 Å². The van der Waals surface area contributed by atoms with Crippen LogP contribution < -0.4 is 5.56 Å². The molecule has 2 N–H and O–H groups in total. The summed E-state index contributed by atoms with van der Waals surface area (Å²) in [6, 6.07) is 8.27. The first kappa shape index (κ1) is 9.45. The van der Waals surface area contributed by atoms with Gasteiger partial charge in [-0.15, -0.1) is 0 Å². The van der Waals surface area contributed by atoms with E-state index in [1.807, 2.05) is 0 Å². The maximum Gasteiger partial charge on any atom is 0.307 e. The van der Waals surface area contributed by atoms with Crippen LogP contribution in [0.1, 0.15) is 5.56 Å². The molecule has 0 atom stereocenters. The molecule has 1 aromatic carbocycles. The van der Waals surface area contributed by atoms with Gasteiger partial charge in [-0.1, -0.05) is 12.1 Å². The number of fused-ring (bicyclic) bond motifs is 1. The Hall–Kier alpha value is -2.10.